The Morgan fingerprint density at radius 3 is 2.09 bits per heavy atom. The fourth-order valence-corrected chi connectivity index (χ4v) is 4.58. The van der Waals surface area contributed by atoms with E-state index in [1.54, 1.807) is 0 Å². The summed E-state index contributed by atoms with van der Waals surface area (Å²) >= 11 is 0. The predicted molar refractivity (Wildman–Crippen MR) is 138 cm³/mol. The number of nitriles is 1. The third kappa shape index (κ3) is 4.44. The summed E-state index contributed by atoms with van der Waals surface area (Å²) in [6.45, 7) is 3.15. The molecular weight excluding hydrogens is 416 g/mol. The number of fused-ring (bicyclic) bond motifs is 1. The van der Waals surface area contributed by atoms with Gasteiger partial charge in [0.05, 0.1) is 0 Å². The maximum absolute atomic E-state index is 8.73. The lowest BCUT2D eigenvalue weighted by Crippen LogP contribution is -2.02. The molecule has 0 aliphatic heterocycles. The topological polar surface area (TPSA) is 37.9 Å². The molecule has 3 heteroatoms. The van der Waals surface area contributed by atoms with Gasteiger partial charge in [-0.15, -0.1) is 0 Å². The molecule has 34 heavy (non-hydrogen) atoms. The van der Waals surface area contributed by atoms with Crippen molar-refractivity contribution in [1.82, 2.24) is 4.57 Å². The van der Waals surface area contributed by atoms with Crippen LogP contribution in [0, 0.1) is 18.3 Å². The monoisotopic (exact) mass is 442 g/mol. The van der Waals surface area contributed by atoms with Crippen LogP contribution in [-0.4, -0.2) is 11.2 Å². The third-order valence-electron chi connectivity index (χ3n) is 6.35. The number of rotatable bonds is 7. The molecule has 0 bridgehead atoms. The van der Waals surface area contributed by atoms with Crippen LogP contribution >= 0.6 is 0 Å². The molecule has 5 aromatic rings. The van der Waals surface area contributed by atoms with E-state index < -0.39 is 0 Å². The first-order chi connectivity index (χ1) is 16.7. The van der Waals surface area contributed by atoms with Gasteiger partial charge in [0, 0.05) is 23.1 Å². The number of benzene rings is 4. The number of aromatic nitrogens is 1. The average molecular weight is 443 g/mol. The van der Waals surface area contributed by atoms with E-state index >= 15 is 0 Å². The molecule has 0 spiro atoms. The zero-order chi connectivity index (χ0) is 23.3. The quantitative estimate of drug-likeness (QED) is 0.268. The zero-order valence-electron chi connectivity index (χ0n) is 19.2. The molecule has 0 saturated heterocycles. The van der Waals surface area contributed by atoms with Crippen molar-refractivity contribution in [3.63, 3.8) is 0 Å². The molecule has 3 nitrogen and oxygen atoms in total. The van der Waals surface area contributed by atoms with Gasteiger partial charge >= 0.3 is 0 Å². The molecule has 0 amide bonds. The SMILES string of the molecule is Cc1c(Cc2ccccc2)c2cc(-c3ccc(OCC#N)cc3)ccc2n1Cc1ccccc1. The zero-order valence-corrected chi connectivity index (χ0v) is 19.2. The van der Waals surface area contributed by atoms with Gasteiger partial charge in [-0.05, 0) is 65.4 Å². The summed E-state index contributed by atoms with van der Waals surface area (Å²) in [5.74, 6) is 0.709. The van der Waals surface area contributed by atoms with Gasteiger partial charge in [0.2, 0.25) is 0 Å². The molecule has 0 unspecified atom stereocenters. The Hall–Kier alpha value is -4.29. The van der Waals surface area contributed by atoms with Gasteiger partial charge in [0.15, 0.2) is 6.61 Å². The van der Waals surface area contributed by atoms with Crippen molar-refractivity contribution in [2.45, 2.75) is 19.9 Å². The van der Waals surface area contributed by atoms with Crippen LogP contribution in [0.1, 0.15) is 22.4 Å². The van der Waals surface area contributed by atoms with Gasteiger partial charge in [-0.25, -0.2) is 0 Å². The molecule has 0 aliphatic carbocycles. The Morgan fingerprint density at radius 1 is 0.765 bits per heavy atom. The molecule has 0 aliphatic rings. The normalized spacial score (nSPS) is 10.8. The van der Waals surface area contributed by atoms with E-state index in [9.17, 15) is 0 Å². The van der Waals surface area contributed by atoms with Crippen LogP contribution in [-0.2, 0) is 13.0 Å². The van der Waals surface area contributed by atoms with Crippen LogP contribution in [0.25, 0.3) is 22.0 Å². The number of ether oxygens (including phenoxy) is 1. The van der Waals surface area contributed by atoms with Gasteiger partial charge in [0.1, 0.15) is 11.8 Å². The first-order valence-corrected chi connectivity index (χ1v) is 11.5. The van der Waals surface area contributed by atoms with Crippen LogP contribution in [0.15, 0.2) is 103 Å². The second-order valence-corrected chi connectivity index (χ2v) is 8.50. The highest BCUT2D eigenvalue weighted by Gasteiger charge is 2.16. The summed E-state index contributed by atoms with van der Waals surface area (Å²) < 4.78 is 7.85. The van der Waals surface area contributed by atoms with Crippen molar-refractivity contribution in [2.75, 3.05) is 6.61 Å². The third-order valence-corrected chi connectivity index (χ3v) is 6.35. The fraction of sp³-hybridized carbons (Fsp3) is 0.129. The Labute approximate surface area is 200 Å². The Kier molecular flexibility index (Phi) is 6.14. The highest BCUT2D eigenvalue weighted by atomic mass is 16.5. The number of nitrogens with zero attached hydrogens (tertiary/aromatic N) is 2. The first kappa shape index (κ1) is 21.6. The van der Waals surface area contributed by atoms with Crippen LogP contribution < -0.4 is 4.74 Å². The van der Waals surface area contributed by atoms with Crippen molar-refractivity contribution < 1.29 is 4.74 Å². The highest BCUT2D eigenvalue weighted by Crippen LogP contribution is 2.33. The number of hydrogen-bond acceptors (Lipinski definition) is 2. The summed E-state index contributed by atoms with van der Waals surface area (Å²) in [5.41, 5.74) is 8.84. The van der Waals surface area contributed by atoms with E-state index in [-0.39, 0.29) is 6.61 Å². The smallest absolute Gasteiger partial charge is 0.174 e. The van der Waals surface area contributed by atoms with E-state index in [1.807, 2.05) is 18.2 Å². The summed E-state index contributed by atoms with van der Waals surface area (Å²) in [6, 6.07) is 38.0. The summed E-state index contributed by atoms with van der Waals surface area (Å²) in [6.07, 6.45) is 0.898. The largest absolute Gasteiger partial charge is 0.479 e. The van der Waals surface area contributed by atoms with Crippen LogP contribution in [0.2, 0.25) is 0 Å². The van der Waals surface area contributed by atoms with Crippen LogP contribution in [0.4, 0.5) is 0 Å². The van der Waals surface area contributed by atoms with Gasteiger partial charge < -0.3 is 9.30 Å². The Balaban J connectivity index is 1.58. The predicted octanol–water partition coefficient (Wildman–Crippen LogP) is 7.16. The molecule has 0 saturated carbocycles. The minimum Gasteiger partial charge on any atom is -0.479 e. The summed E-state index contributed by atoms with van der Waals surface area (Å²) in [4.78, 5) is 0. The lowest BCUT2D eigenvalue weighted by molar-refractivity contribution is 0.368. The Morgan fingerprint density at radius 2 is 1.41 bits per heavy atom. The fourth-order valence-electron chi connectivity index (χ4n) is 4.58. The van der Waals surface area contributed by atoms with Gasteiger partial charge in [0.25, 0.3) is 0 Å². The first-order valence-electron chi connectivity index (χ1n) is 11.5. The van der Waals surface area contributed by atoms with Crippen LogP contribution in [0.5, 0.6) is 5.75 Å². The minimum absolute atomic E-state index is 0.0579. The average Bonchev–Trinajstić information content (AvgIpc) is 3.14. The van der Waals surface area contributed by atoms with E-state index in [0.717, 1.165) is 18.5 Å². The minimum atomic E-state index is 0.0579. The Bertz CT molecular complexity index is 1440. The van der Waals surface area contributed by atoms with Gasteiger partial charge in [-0.1, -0.05) is 78.9 Å². The molecule has 0 atom stereocenters. The summed E-state index contributed by atoms with van der Waals surface area (Å²) in [5, 5.41) is 10.0. The molecule has 0 fully saturated rings. The second-order valence-electron chi connectivity index (χ2n) is 8.50. The van der Waals surface area contributed by atoms with Gasteiger partial charge in [-0.3, -0.25) is 0 Å². The van der Waals surface area contributed by atoms with Crippen molar-refractivity contribution in [2.24, 2.45) is 0 Å². The molecular formula is C31H26N2O. The lowest BCUT2D eigenvalue weighted by Gasteiger charge is -2.10. The molecule has 1 aromatic heterocycles. The van der Waals surface area contributed by atoms with E-state index in [1.165, 1.54) is 38.9 Å². The van der Waals surface area contributed by atoms with Crippen molar-refractivity contribution in [3.05, 3.63) is 126 Å². The van der Waals surface area contributed by atoms with Gasteiger partial charge in [-0.2, -0.15) is 5.26 Å². The maximum Gasteiger partial charge on any atom is 0.174 e. The van der Waals surface area contributed by atoms with E-state index in [4.69, 9.17) is 10.00 Å². The molecule has 5 rings (SSSR count). The molecule has 1 heterocycles. The highest BCUT2D eigenvalue weighted by molar-refractivity contribution is 5.90. The van der Waals surface area contributed by atoms with Crippen molar-refractivity contribution in [1.29, 1.82) is 5.26 Å². The molecule has 0 N–H and O–H groups in total. The van der Waals surface area contributed by atoms with Crippen molar-refractivity contribution >= 4 is 10.9 Å². The lowest BCUT2D eigenvalue weighted by atomic mass is 9.98. The second kappa shape index (κ2) is 9.68. The molecule has 166 valence electrons. The summed E-state index contributed by atoms with van der Waals surface area (Å²) in [7, 11) is 0. The van der Waals surface area contributed by atoms with E-state index in [0.29, 0.717) is 5.75 Å². The molecule has 4 aromatic carbocycles. The maximum atomic E-state index is 8.73. The molecule has 0 radical (unpaired) electrons. The standard InChI is InChI=1S/C31H26N2O/c1-23-29(20-24-8-4-2-5-9-24)30-21-27(26-12-15-28(16-13-26)34-19-18-32)14-17-31(30)33(23)22-25-10-6-3-7-11-25/h2-17,21H,19-20,22H2,1H3. The number of hydrogen-bond donors (Lipinski definition) is 0. The van der Waals surface area contributed by atoms with Crippen LogP contribution in [0.3, 0.4) is 0 Å². The van der Waals surface area contributed by atoms with E-state index in [2.05, 4.69) is 102 Å². The van der Waals surface area contributed by atoms with Crippen molar-refractivity contribution in [3.8, 4) is 22.9 Å².